The summed E-state index contributed by atoms with van der Waals surface area (Å²) in [4.78, 5) is 14.2. The van der Waals surface area contributed by atoms with Gasteiger partial charge in [-0.2, -0.15) is 0 Å². The molecule has 0 atom stereocenters. The maximum absolute atomic E-state index is 4.35. The lowest BCUT2D eigenvalue weighted by Gasteiger charge is -2.07. The summed E-state index contributed by atoms with van der Waals surface area (Å²) in [6, 6.07) is 0. The summed E-state index contributed by atoms with van der Waals surface area (Å²) in [7, 11) is 0. The molecule has 0 spiro atoms. The predicted molar refractivity (Wildman–Crippen MR) is 73.6 cm³/mol. The molecule has 0 unspecified atom stereocenters. The van der Waals surface area contributed by atoms with Gasteiger partial charge in [-0.05, 0) is 6.42 Å². The molecular formula is C13H14N4S. The molecule has 2 aromatic rings. The molecule has 0 bridgehead atoms. The second-order valence-corrected chi connectivity index (χ2v) is 5.32. The average Bonchev–Trinajstić information content (AvgIpc) is 3.05. The smallest absolute Gasteiger partial charge is 0.137 e. The van der Waals surface area contributed by atoms with E-state index < -0.39 is 0 Å². The van der Waals surface area contributed by atoms with Gasteiger partial charge in [0.25, 0.3) is 0 Å². The van der Waals surface area contributed by atoms with Crippen LogP contribution in [0.5, 0.6) is 0 Å². The van der Waals surface area contributed by atoms with Crippen LogP contribution in [0.25, 0.3) is 6.08 Å². The van der Waals surface area contributed by atoms with E-state index in [1.54, 1.807) is 17.7 Å². The fraction of sp³-hybridized carbons (Fsp3) is 0.308. The average molecular weight is 258 g/mol. The molecule has 1 N–H and O–H groups in total. The fourth-order valence-electron chi connectivity index (χ4n) is 1.96. The first-order chi connectivity index (χ1) is 8.86. The van der Waals surface area contributed by atoms with E-state index in [0.29, 0.717) is 0 Å². The molecule has 1 aliphatic carbocycles. The van der Waals surface area contributed by atoms with Gasteiger partial charge in [-0.25, -0.2) is 15.0 Å². The Kier molecular flexibility index (Phi) is 3.06. The number of aryl methyl sites for hydroxylation is 1. The Morgan fingerprint density at radius 3 is 3.11 bits per heavy atom. The number of rotatable bonds is 4. The van der Waals surface area contributed by atoms with Crippen LogP contribution >= 0.6 is 11.3 Å². The highest BCUT2D eigenvalue weighted by Crippen LogP contribution is 2.24. The van der Waals surface area contributed by atoms with Gasteiger partial charge in [0, 0.05) is 23.1 Å². The molecule has 0 aromatic carbocycles. The summed E-state index contributed by atoms with van der Waals surface area (Å²) >= 11 is 1.75. The number of nitrogens with zero attached hydrogens (tertiary/aromatic N) is 3. The molecule has 0 saturated carbocycles. The highest BCUT2D eigenvalue weighted by atomic mass is 32.1. The number of aromatic nitrogens is 3. The number of allylic oxidation sites excluding steroid dienone is 1. The van der Waals surface area contributed by atoms with Crippen LogP contribution < -0.4 is 5.32 Å². The van der Waals surface area contributed by atoms with Crippen molar-refractivity contribution in [3.05, 3.63) is 39.7 Å². The lowest BCUT2D eigenvalue weighted by Crippen LogP contribution is -2.03. The summed E-state index contributed by atoms with van der Waals surface area (Å²) in [5, 5.41) is 4.55. The molecule has 3 rings (SSSR count). The highest BCUT2D eigenvalue weighted by molar-refractivity contribution is 7.11. The Morgan fingerprint density at radius 1 is 1.33 bits per heavy atom. The Morgan fingerprint density at radius 2 is 2.28 bits per heavy atom. The highest BCUT2D eigenvalue weighted by Gasteiger charge is 2.12. The lowest BCUT2D eigenvalue weighted by molar-refractivity contribution is 1.03. The predicted octanol–water partition coefficient (Wildman–Crippen LogP) is 2.68. The number of fused-ring (bicyclic) bond motifs is 1. The molecule has 92 valence electrons. The Hall–Kier alpha value is -1.75. The van der Waals surface area contributed by atoms with Crippen molar-refractivity contribution in [1.29, 1.82) is 0 Å². The molecular weight excluding hydrogens is 244 g/mol. The largest absolute Gasteiger partial charge is 0.365 e. The molecule has 0 fully saturated rings. The van der Waals surface area contributed by atoms with E-state index in [2.05, 4.69) is 39.3 Å². The lowest BCUT2D eigenvalue weighted by atomic mass is 10.2. The standard InChI is InChI=1S/C13H14N4S/c1-2-12-14-6-9(18-12)7-15-13-10-4-3-5-11(10)16-8-17-13/h3-4,6,8H,2,5,7H2,1H3,(H,15,16,17). The molecule has 4 nitrogen and oxygen atoms in total. The van der Waals surface area contributed by atoms with Crippen molar-refractivity contribution in [3.63, 3.8) is 0 Å². The van der Waals surface area contributed by atoms with Gasteiger partial charge in [-0.1, -0.05) is 19.1 Å². The van der Waals surface area contributed by atoms with Crippen LogP contribution in [0.1, 0.15) is 28.1 Å². The molecule has 0 aliphatic heterocycles. The van der Waals surface area contributed by atoms with Gasteiger partial charge in [0.15, 0.2) is 0 Å². The normalized spacial score (nSPS) is 12.7. The fourth-order valence-corrected chi connectivity index (χ4v) is 2.77. The van der Waals surface area contributed by atoms with Crippen molar-refractivity contribution in [1.82, 2.24) is 15.0 Å². The number of hydrogen-bond donors (Lipinski definition) is 1. The summed E-state index contributed by atoms with van der Waals surface area (Å²) in [6.07, 6.45) is 9.67. The van der Waals surface area contributed by atoms with E-state index in [9.17, 15) is 0 Å². The van der Waals surface area contributed by atoms with Gasteiger partial charge in [-0.3, -0.25) is 0 Å². The summed E-state index contributed by atoms with van der Waals surface area (Å²) in [5.41, 5.74) is 2.23. The minimum absolute atomic E-state index is 0.773. The third-order valence-corrected chi connectivity index (χ3v) is 4.04. The topological polar surface area (TPSA) is 50.7 Å². The number of hydrogen-bond acceptors (Lipinski definition) is 5. The number of thiazole rings is 1. The second kappa shape index (κ2) is 4.86. The molecule has 18 heavy (non-hydrogen) atoms. The first kappa shape index (κ1) is 11.3. The zero-order chi connectivity index (χ0) is 12.4. The van der Waals surface area contributed by atoms with Crippen molar-refractivity contribution < 1.29 is 0 Å². The van der Waals surface area contributed by atoms with Crippen molar-refractivity contribution in [3.8, 4) is 0 Å². The van der Waals surface area contributed by atoms with Gasteiger partial charge in [0.05, 0.1) is 17.2 Å². The molecule has 2 aromatic heterocycles. The Bertz CT molecular complexity index is 588. The molecule has 0 amide bonds. The van der Waals surface area contributed by atoms with E-state index >= 15 is 0 Å². The van der Waals surface area contributed by atoms with Gasteiger partial charge in [0.1, 0.15) is 12.1 Å². The van der Waals surface area contributed by atoms with Gasteiger partial charge in [-0.15, -0.1) is 11.3 Å². The Labute approximate surface area is 110 Å². The summed E-state index contributed by atoms with van der Waals surface area (Å²) in [6.45, 7) is 2.90. The van der Waals surface area contributed by atoms with E-state index in [-0.39, 0.29) is 0 Å². The summed E-state index contributed by atoms with van der Waals surface area (Å²) < 4.78 is 0. The maximum Gasteiger partial charge on any atom is 0.137 e. The van der Waals surface area contributed by atoms with E-state index in [4.69, 9.17) is 0 Å². The van der Waals surface area contributed by atoms with Crippen LogP contribution in [0.2, 0.25) is 0 Å². The Balaban J connectivity index is 1.74. The zero-order valence-corrected chi connectivity index (χ0v) is 11.0. The maximum atomic E-state index is 4.35. The minimum Gasteiger partial charge on any atom is -0.365 e. The molecule has 2 heterocycles. The van der Waals surface area contributed by atoms with Gasteiger partial charge in [0.2, 0.25) is 0 Å². The van der Waals surface area contributed by atoms with Crippen molar-refractivity contribution in [2.45, 2.75) is 26.3 Å². The van der Waals surface area contributed by atoms with Crippen molar-refractivity contribution >= 4 is 23.2 Å². The second-order valence-electron chi connectivity index (χ2n) is 4.12. The van der Waals surface area contributed by atoms with E-state index in [0.717, 1.165) is 36.5 Å². The first-order valence-corrected chi connectivity index (χ1v) is 6.86. The van der Waals surface area contributed by atoms with Crippen LogP contribution in [0.4, 0.5) is 5.82 Å². The van der Waals surface area contributed by atoms with Crippen LogP contribution in [-0.4, -0.2) is 15.0 Å². The molecule has 0 saturated heterocycles. The van der Waals surface area contributed by atoms with Crippen LogP contribution in [0.3, 0.4) is 0 Å². The number of nitrogens with one attached hydrogen (secondary N) is 1. The first-order valence-electron chi connectivity index (χ1n) is 6.04. The molecule has 5 heteroatoms. The third kappa shape index (κ3) is 2.13. The summed E-state index contributed by atoms with van der Waals surface area (Å²) in [5.74, 6) is 0.917. The molecule has 0 radical (unpaired) electrons. The monoisotopic (exact) mass is 258 g/mol. The van der Waals surface area contributed by atoms with Crippen molar-refractivity contribution in [2.75, 3.05) is 5.32 Å². The van der Waals surface area contributed by atoms with Gasteiger partial charge < -0.3 is 5.32 Å². The SMILES string of the molecule is CCc1ncc(CNc2ncnc3c2C=CC3)s1. The van der Waals surface area contributed by atoms with E-state index in [1.807, 2.05) is 6.20 Å². The quantitative estimate of drug-likeness (QED) is 0.916. The van der Waals surface area contributed by atoms with E-state index in [1.165, 1.54) is 9.88 Å². The third-order valence-electron chi connectivity index (χ3n) is 2.90. The number of anilines is 1. The minimum atomic E-state index is 0.773. The van der Waals surface area contributed by atoms with Gasteiger partial charge >= 0.3 is 0 Å². The van der Waals surface area contributed by atoms with Crippen molar-refractivity contribution in [2.24, 2.45) is 0 Å². The molecule has 1 aliphatic rings. The zero-order valence-electron chi connectivity index (χ0n) is 10.2. The van der Waals surface area contributed by atoms with Crippen LogP contribution in [0.15, 0.2) is 18.6 Å². The van der Waals surface area contributed by atoms with Crippen LogP contribution in [-0.2, 0) is 19.4 Å². The van der Waals surface area contributed by atoms with Crippen LogP contribution in [0, 0.1) is 0 Å².